The number of carbonyl (C=O) groups excluding carboxylic acids is 1. The molecule has 2 N–H and O–H groups in total. The van der Waals surface area contributed by atoms with Crippen molar-refractivity contribution in [3.63, 3.8) is 0 Å². The molecule has 8 heteroatoms. The first kappa shape index (κ1) is 16.0. The fourth-order valence-electron chi connectivity index (χ4n) is 2.19. The second kappa shape index (κ2) is 6.62. The third-order valence-corrected chi connectivity index (χ3v) is 5.46. The summed E-state index contributed by atoms with van der Waals surface area (Å²) in [6.45, 7) is 0.185. The fraction of sp³-hybridized carbons (Fsp3) is 0.462. The molecule has 1 heterocycles. The molecule has 0 aliphatic carbocycles. The number of anilines is 1. The van der Waals surface area contributed by atoms with Crippen molar-refractivity contribution < 1.29 is 17.6 Å². The standard InChI is InChI=1S/C13H16ClFN2O3S/c14-10-2-1-3-11(15)13(10)17-7-12(18)16-6-9-4-5-21(19,20)8-9/h1-3,9,17H,4-8H2,(H,16,18)/t9-/m1/s1. The van der Waals surface area contributed by atoms with Crippen molar-refractivity contribution in [1.82, 2.24) is 5.32 Å². The van der Waals surface area contributed by atoms with Crippen LogP contribution in [0.1, 0.15) is 6.42 Å². The second-order valence-electron chi connectivity index (χ2n) is 5.02. The van der Waals surface area contributed by atoms with Crippen molar-refractivity contribution in [2.45, 2.75) is 6.42 Å². The lowest BCUT2D eigenvalue weighted by Crippen LogP contribution is -2.34. The molecule has 1 amide bonds. The van der Waals surface area contributed by atoms with Crippen LogP contribution in [0.3, 0.4) is 0 Å². The van der Waals surface area contributed by atoms with Crippen molar-refractivity contribution in [1.29, 1.82) is 0 Å². The number of hydrogen-bond donors (Lipinski definition) is 2. The van der Waals surface area contributed by atoms with Crippen LogP contribution < -0.4 is 10.6 Å². The number of hydrogen-bond acceptors (Lipinski definition) is 4. The molecule has 21 heavy (non-hydrogen) atoms. The molecule has 1 aromatic rings. The van der Waals surface area contributed by atoms with Crippen molar-refractivity contribution in [3.8, 4) is 0 Å². The molecular formula is C13H16ClFN2O3S. The number of para-hydroxylation sites is 1. The largest absolute Gasteiger partial charge is 0.373 e. The number of carbonyl (C=O) groups is 1. The molecule has 1 aliphatic heterocycles. The highest BCUT2D eigenvalue weighted by Gasteiger charge is 2.27. The zero-order valence-electron chi connectivity index (χ0n) is 11.2. The van der Waals surface area contributed by atoms with Gasteiger partial charge in [0.2, 0.25) is 5.91 Å². The summed E-state index contributed by atoms with van der Waals surface area (Å²) in [6, 6.07) is 4.24. The highest BCUT2D eigenvalue weighted by molar-refractivity contribution is 7.91. The van der Waals surface area contributed by atoms with E-state index in [1.165, 1.54) is 18.2 Å². The van der Waals surface area contributed by atoms with Crippen LogP contribution in [0.2, 0.25) is 5.02 Å². The molecule has 0 spiro atoms. The van der Waals surface area contributed by atoms with Gasteiger partial charge in [0.25, 0.3) is 0 Å². The Hall–Kier alpha value is -1.34. The number of halogens is 2. The van der Waals surface area contributed by atoms with Crippen LogP contribution in [0, 0.1) is 11.7 Å². The molecule has 1 aliphatic rings. The van der Waals surface area contributed by atoms with Gasteiger partial charge in [0, 0.05) is 6.54 Å². The summed E-state index contributed by atoms with van der Waals surface area (Å²) < 4.78 is 36.1. The third kappa shape index (κ3) is 4.57. The van der Waals surface area contributed by atoms with Crippen LogP contribution in [-0.4, -0.2) is 38.9 Å². The fourth-order valence-corrected chi connectivity index (χ4v) is 4.28. The zero-order chi connectivity index (χ0) is 15.5. The highest BCUT2D eigenvalue weighted by atomic mass is 35.5. The number of sulfone groups is 1. The van der Waals surface area contributed by atoms with Gasteiger partial charge < -0.3 is 10.6 Å². The van der Waals surface area contributed by atoms with Gasteiger partial charge in [-0.25, -0.2) is 12.8 Å². The smallest absolute Gasteiger partial charge is 0.239 e. The van der Waals surface area contributed by atoms with Crippen LogP contribution in [-0.2, 0) is 14.6 Å². The minimum Gasteiger partial charge on any atom is -0.373 e. The quantitative estimate of drug-likeness (QED) is 0.854. The van der Waals surface area contributed by atoms with Crippen LogP contribution in [0.15, 0.2) is 18.2 Å². The minimum atomic E-state index is -2.94. The Kier molecular flexibility index (Phi) is 5.05. The van der Waals surface area contributed by atoms with Gasteiger partial charge in [0.05, 0.1) is 28.8 Å². The molecule has 116 valence electrons. The maximum Gasteiger partial charge on any atom is 0.239 e. The molecule has 0 saturated carbocycles. The molecule has 2 rings (SSSR count). The molecule has 1 aromatic carbocycles. The summed E-state index contributed by atoms with van der Waals surface area (Å²) >= 11 is 5.82. The van der Waals surface area contributed by atoms with E-state index in [0.717, 1.165) is 0 Å². The van der Waals surface area contributed by atoms with Crippen molar-refractivity contribution >= 4 is 33.0 Å². The van der Waals surface area contributed by atoms with Gasteiger partial charge in [-0.2, -0.15) is 0 Å². The third-order valence-electron chi connectivity index (χ3n) is 3.30. The summed E-state index contributed by atoms with van der Waals surface area (Å²) in [5, 5.41) is 5.47. The predicted molar refractivity (Wildman–Crippen MR) is 79.7 cm³/mol. The van der Waals surface area contributed by atoms with Crippen molar-refractivity contribution in [2.75, 3.05) is 29.9 Å². The number of benzene rings is 1. The van der Waals surface area contributed by atoms with Crippen LogP contribution in [0.25, 0.3) is 0 Å². The van der Waals surface area contributed by atoms with Crippen LogP contribution >= 0.6 is 11.6 Å². The molecule has 1 saturated heterocycles. The van der Waals surface area contributed by atoms with Crippen LogP contribution in [0.5, 0.6) is 0 Å². The molecular weight excluding hydrogens is 319 g/mol. The lowest BCUT2D eigenvalue weighted by Gasteiger charge is -2.12. The van der Waals surface area contributed by atoms with Gasteiger partial charge >= 0.3 is 0 Å². The SMILES string of the molecule is O=C(CNc1c(F)cccc1Cl)NC[C@H]1CCS(=O)(=O)C1. The van der Waals surface area contributed by atoms with Crippen LogP contribution in [0.4, 0.5) is 10.1 Å². The summed E-state index contributed by atoms with van der Waals surface area (Å²) in [6.07, 6.45) is 0.565. The summed E-state index contributed by atoms with van der Waals surface area (Å²) in [5.41, 5.74) is 0.0813. The molecule has 0 aromatic heterocycles. The Bertz CT molecular complexity index is 616. The number of amides is 1. The maximum atomic E-state index is 13.5. The Balaban J connectivity index is 1.78. The molecule has 0 unspecified atom stereocenters. The van der Waals surface area contributed by atoms with Gasteiger partial charge in [-0.3, -0.25) is 4.79 Å². The summed E-state index contributed by atoms with van der Waals surface area (Å²) in [4.78, 5) is 11.7. The van der Waals surface area contributed by atoms with Gasteiger partial charge in [-0.15, -0.1) is 0 Å². The van der Waals surface area contributed by atoms with E-state index in [2.05, 4.69) is 10.6 Å². The van der Waals surface area contributed by atoms with E-state index in [-0.39, 0.29) is 40.6 Å². The Morgan fingerprint density at radius 1 is 1.43 bits per heavy atom. The van der Waals surface area contributed by atoms with Crippen molar-refractivity contribution in [3.05, 3.63) is 29.0 Å². The first-order valence-electron chi connectivity index (χ1n) is 6.52. The molecule has 1 atom stereocenters. The Morgan fingerprint density at radius 2 is 2.19 bits per heavy atom. The topological polar surface area (TPSA) is 75.3 Å². The predicted octanol–water partition coefficient (Wildman–Crippen LogP) is 1.44. The maximum absolute atomic E-state index is 13.5. The molecule has 0 bridgehead atoms. The highest BCUT2D eigenvalue weighted by Crippen LogP contribution is 2.24. The average molecular weight is 335 g/mol. The lowest BCUT2D eigenvalue weighted by atomic mass is 10.1. The molecule has 1 fully saturated rings. The van der Waals surface area contributed by atoms with Gasteiger partial charge in [0.1, 0.15) is 5.82 Å². The van der Waals surface area contributed by atoms with E-state index in [4.69, 9.17) is 11.6 Å². The summed E-state index contributed by atoms with van der Waals surface area (Å²) in [7, 11) is -2.94. The van der Waals surface area contributed by atoms with E-state index >= 15 is 0 Å². The van der Waals surface area contributed by atoms with Crippen molar-refractivity contribution in [2.24, 2.45) is 5.92 Å². The zero-order valence-corrected chi connectivity index (χ0v) is 12.8. The minimum absolute atomic E-state index is 0.0454. The van der Waals surface area contributed by atoms with E-state index in [9.17, 15) is 17.6 Å². The number of nitrogens with one attached hydrogen (secondary N) is 2. The Morgan fingerprint density at radius 3 is 2.81 bits per heavy atom. The molecule has 0 radical (unpaired) electrons. The van der Waals surface area contributed by atoms with Gasteiger partial charge in [0.15, 0.2) is 9.84 Å². The molecule has 5 nitrogen and oxygen atoms in total. The number of rotatable bonds is 5. The van der Waals surface area contributed by atoms with E-state index < -0.39 is 15.7 Å². The van der Waals surface area contributed by atoms with E-state index in [0.29, 0.717) is 13.0 Å². The lowest BCUT2D eigenvalue weighted by molar-refractivity contribution is -0.119. The van der Waals surface area contributed by atoms with Gasteiger partial charge in [-0.05, 0) is 24.5 Å². The second-order valence-corrected chi connectivity index (χ2v) is 7.66. The normalized spacial score (nSPS) is 20.2. The monoisotopic (exact) mass is 334 g/mol. The van der Waals surface area contributed by atoms with Gasteiger partial charge in [-0.1, -0.05) is 17.7 Å². The average Bonchev–Trinajstić information content (AvgIpc) is 2.75. The first-order valence-corrected chi connectivity index (χ1v) is 8.72. The van der Waals surface area contributed by atoms with E-state index in [1.807, 2.05) is 0 Å². The Labute approximate surface area is 127 Å². The summed E-state index contributed by atoms with van der Waals surface area (Å²) in [5.74, 6) is -0.622. The van der Waals surface area contributed by atoms with E-state index in [1.54, 1.807) is 0 Å². The first-order chi connectivity index (χ1) is 9.87.